The Hall–Kier alpha value is -4.07. The van der Waals surface area contributed by atoms with E-state index in [1.54, 1.807) is 0 Å². The van der Waals surface area contributed by atoms with Crippen molar-refractivity contribution in [3.63, 3.8) is 0 Å². The Labute approximate surface area is 153 Å². The number of rotatable bonds is 5. The van der Waals surface area contributed by atoms with Crippen LogP contribution in [0, 0.1) is 0 Å². The van der Waals surface area contributed by atoms with Crippen LogP contribution in [0.1, 0.15) is 10.4 Å². The predicted molar refractivity (Wildman–Crippen MR) is 98.6 cm³/mol. The van der Waals surface area contributed by atoms with Crippen LogP contribution in [0.2, 0.25) is 0 Å². The van der Waals surface area contributed by atoms with E-state index >= 15 is 0 Å². The van der Waals surface area contributed by atoms with Crippen LogP contribution in [0.4, 0.5) is 11.4 Å². The SMILES string of the molecule is Nc1ccc(Oc2cc(Oc3ccc(N)c(O)c3)cc(C(=O)O)c2)cc1O. The van der Waals surface area contributed by atoms with Crippen LogP contribution in [0.5, 0.6) is 34.5 Å². The van der Waals surface area contributed by atoms with Gasteiger partial charge in [-0.05, 0) is 36.4 Å². The molecule has 7 N–H and O–H groups in total. The third kappa shape index (κ3) is 4.13. The van der Waals surface area contributed by atoms with Gasteiger partial charge in [0.25, 0.3) is 0 Å². The van der Waals surface area contributed by atoms with Crippen molar-refractivity contribution in [1.82, 2.24) is 0 Å². The van der Waals surface area contributed by atoms with Gasteiger partial charge in [0.15, 0.2) is 0 Å². The summed E-state index contributed by atoms with van der Waals surface area (Å²) in [6.45, 7) is 0. The lowest BCUT2D eigenvalue weighted by atomic mass is 10.2. The molecule has 0 aliphatic heterocycles. The Kier molecular flexibility index (Phi) is 4.63. The van der Waals surface area contributed by atoms with E-state index in [0.717, 1.165) is 0 Å². The number of hydrogen-bond acceptors (Lipinski definition) is 7. The quantitative estimate of drug-likeness (QED) is 0.339. The lowest BCUT2D eigenvalue weighted by Crippen LogP contribution is -1.98. The second-order valence-corrected chi connectivity index (χ2v) is 5.64. The molecule has 0 bridgehead atoms. The number of phenolic OH excluding ortho intramolecular Hbond substituents is 2. The van der Waals surface area contributed by atoms with E-state index in [1.165, 1.54) is 54.6 Å². The molecule has 0 aromatic heterocycles. The van der Waals surface area contributed by atoms with Crippen molar-refractivity contribution in [3.8, 4) is 34.5 Å². The van der Waals surface area contributed by atoms with Gasteiger partial charge in [-0.3, -0.25) is 0 Å². The summed E-state index contributed by atoms with van der Waals surface area (Å²) in [5.41, 5.74) is 11.4. The Bertz CT molecular complexity index is 947. The Morgan fingerprint density at radius 2 is 1.15 bits per heavy atom. The minimum atomic E-state index is -1.18. The summed E-state index contributed by atoms with van der Waals surface area (Å²) in [6, 6.07) is 12.7. The van der Waals surface area contributed by atoms with Crippen molar-refractivity contribution >= 4 is 17.3 Å². The lowest BCUT2D eigenvalue weighted by Gasteiger charge is -2.12. The van der Waals surface area contributed by atoms with Gasteiger partial charge >= 0.3 is 5.97 Å². The van der Waals surface area contributed by atoms with Gasteiger partial charge in [-0.1, -0.05) is 0 Å². The number of nitrogen functional groups attached to an aromatic ring is 2. The molecule has 0 aliphatic rings. The zero-order valence-electron chi connectivity index (χ0n) is 13.9. The molecule has 0 saturated carbocycles. The number of hydrogen-bond donors (Lipinski definition) is 5. The number of aromatic hydroxyl groups is 2. The van der Waals surface area contributed by atoms with Gasteiger partial charge in [0.2, 0.25) is 0 Å². The molecule has 0 unspecified atom stereocenters. The summed E-state index contributed by atoms with van der Waals surface area (Å²) in [7, 11) is 0. The Balaban J connectivity index is 1.93. The molecule has 0 heterocycles. The Morgan fingerprint density at radius 1 is 0.704 bits per heavy atom. The molecule has 138 valence electrons. The minimum absolute atomic E-state index is 0.0677. The summed E-state index contributed by atoms with van der Waals surface area (Å²) >= 11 is 0. The zero-order chi connectivity index (χ0) is 19.6. The third-order valence-electron chi connectivity index (χ3n) is 3.60. The first-order chi connectivity index (χ1) is 12.8. The van der Waals surface area contributed by atoms with Gasteiger partial charge in [-0.2, -0.15) is 0 Å². The summed E-state index contributed by atoms with van der Waals surface area (Å²) in [4.78, 5) is 11.4. The van der Waals surface area contributed by atoms with E-state index in [2.05, 4.69) is 0 Å². The van der Waals surface area contributed by atoms with E-state index < -0.39 is 5.97 Å². The second kappa shape index (κ2) is 7.04. The molecule has 0 atom stereocenters. The molecular weight excluding hydrogens is 352 g/mol. The molecule has 3 aromatic rings. The summed E-state index contributed by atoms with van der Waals surface area (Å²) in [5, 5.41) is 28.6. The average molecular weight is 368 g/mol. The largest absolute Gasteiger partial charge is 0.506 e. The first-order valence-electron chi connectivity index (χ1n) is 7.73. The minimum Gasteiger partial charge on any atom is -0.506 e. The molecule has 3 rings (SSSR count). The van der Waals surface area contributed by atoms with Crippen molar-refractivity contribution in [2.75, 3.05) is 11.5 Å². The maximum atomic E-state index is 11.4. The van der Waals surface area contributed by atoms with Crippen LogP contribution < -0.4 is 20.9 Å². The molecule has 0 spiro atoms. The van der Waals surface area contributed by atoms with Crippen LogP contribution >= 0.6 is 0 Å². The molecule has 3 aromatic carbocycles. The van der Waals surface area contributed by atoms with E-state index in [4.69, 9.17) is 20.9 Å². The summed E-state index contributed by atoms with van der Waals surface area (Å²) in [5.74, 6) is -0.611. The normalized spacial score (nSPS) is 10.4. The molecule has 0 amide bonds. The van der Waals surface area contributed by atoms with E-state index in [0.29, 0.717) is 0 Å². The van der Waals surface area contributed by atoms with Crippen LogP contribution in [-0.2, 0) is 0 Å². The maximum Gasteiger partial charge on any atom is 0.335 e. The fourth-order valence-corrected chi connectivity index (χ4v) is 2.26. The highest BCUT2D eigenvalue weighted by Crippen LogP contribution is 2.34. The zero-order valence-corrected chi connectivity index (χ0v) is 13.9. The van der Waals surface area contributed by atoms with Gasteiger partial charge in [-0.15, -0.1) is 0 Å². The van der Waals surface area contributed by atoms with E-state index in [1.807, 2.05) is 0 Å². The van der Waals surface area contributed by atoms with Gasteiger partial charge in [-0.25, -0.2) is 4.79 Å². The number of benzene rings is 3. The van der Waals surface area contributed by atoms with Gasteiger partial charge in [0.1, 0.15) is 34.5 Å². The van der Waals surface area contributed by atoms with Crippen molar-refractivity contribution in [2.45, 2.75) is 0 Å². The number of ether oxygens (including phenoxy) is 2. The van der Waals surface area contributed by atoms with Crippen molar-refractivity contribution < 1.29 is 29.6 Å². The molecule has 8 nitrogen and oxygen atoms in total. The first-order valence-corrected chi connectivity index (χ1v) is 7.73. The average Bonchev–Trinajstić information content (AvgIpc) is 2.61. The smallest absolute Gasteiger partial charge is 0.335 e. The maximum absolute atomic E-state index is 11.4. The number of nitrogens with two attached hydrogens (primary N) is 2. The number of carboxylic acid groups (broad SMARTS) is 1. The number of anilines is 2. The van der Waals surface area contributed by atoms with Crippen LogP contribution in [0.15, 0.2) is 54.6 Å². The highest BCUT2D eigenvalue weighted by atomic mass is 16.5. The summed E-state index contributed by atoms with van der Waals surface area (Å²) < 4.78 is 11.2. The van der Waals surface area contributed by atoms with Crippen molar-refractivity contribution in [1.29, 1.82) is 0 Å². The fourth-order valence-electron chi connectivity index (χ4n) is 2.26. The highest BCUT2D eigenvalue weighted by Gasteiger charge is 2.12. The first kappa shape index (κ1) is 17.7. The molecule has 8 heteroatoms. The van der Waals surface area contributed by atoms with Gasteiger partial charge in [0.05, 0.1) is 16.9 Å². The molecule has 0 aliphatic carbocycles. The number of phenols is 2. The standard InChI is InChI=1S/C19H16N2O6/c20-15-3-1-11(8-17(15)22)26-13-5-10(19(24)25)6-14(7-13)27-12-2-4-16(21)18(23)9-12/h1-9,22-23H,20-21H2,(H,24,25). The Morgan fingerprint density at radius 3 is 1.52 bits per heavy atom. The van der Waals surface area contributed by atoms with Crippen LogP contribution in [-0.4, -0.2) is 21.3 Å². The van der Waals surface area contributed by atoms with Crippen molar-refractivity contribution in [3.05, 3.63) is 60.2 Å². The monoisotopic (exact) mass is 368 g/mol. The molecule has 27 heavy (non-hydrogen) atoms. The molecule has 0 fully saturated rings. The van der Waals surface area contributed by atoms with E-state index in [-0.39, 0.29) is 51.4 Å². The van der Waals surface area contributed by atoms with Crippen LogP contribution in [0.25, 0.3) is 0 Å². The number of carbonyl (C=O) groups is 1. The number of carboxylic acids is 1. The predicted octanol–water partition coefficient (Wildman–Crippen LogP) is 3.55. The topological polar surface area (TPSA) is 148 Å². The lowest BCUT2D eigenvalue weighted by molar-refractivity contribution is 0.0696. The summed E-state index contributed by atoms with van der Waals surface area (Å²) in [6.07, 6.45) is 0. The van der Waals surface area contributed by atoms with Gasteiger partial charge < -0.3 is 36.3 Å². The second-order valence-electron chi connectivity index (χ2n) is 5.64. The van der Waals surface area contributed by atoms with Gasteiger partial charge in [0, 0.05) is 18.2 Å². The van der Waals surface area contributed by atoms with E-state index in [9.17, 15) is 20.1 Å². The molecule has 0 saturated heterocycles. The third-order valence-corrected chi connectivity index (χ3v) is 3.60. The number of aromatic carboxylic acids is 1. The van der Waals surface area contributed by atoms with Crippen LogP contribution in [0.3, 0.4) is 0 Å². The molecular formula is C19H16N2O6. The fraction of sp³-hybridized carbons (Fsp3) is 0. The highest BCUT2D eigenvalue weighted by molar-refractivity contribution is 5.88. The van der Waals surface area contributed by atoms with Crippen molar-refractivity contribution in [2.24, 2.45) is 0 Å². The molecule has 0 radical (unpaired) electrons.